The summed E-state index contributed by atoms with van der Waals surface area (Å²) in [6.45, 7) is 0. The van der Waals surface area contributed by atoms with Crippen LogP contribution in [0.25, 0.3) is 0 Å². The number of methoxy groups -OCH3 is 3. The molecule has 3 aromatic carbocycles. The van der Waals surface area contributed by atoms with Gasteiger partial charge in [-0.1, -0.05) is 46.4 Å². The minimum Gasteiger partial charge on any atom is -0.497 e. The van der Waals surface area contributed by atoms with Crippen molar-refractivity contribution in [2.45, 2.75) is 12.1 Å². The molecule has 1 fully saturated rings. The third-order valence-electron chi connectivity index (χ3n) is 6.58. The highest BCUT2D eigenvalue weighted by atomic mass is 35.5. The molecular formula is C26H18Cl4N2O6. The van der Waals surface area contributed by atoms with E-state index in [2.05, 4.69) is 0 Å². The Labute approximate surface area is 237 Å². The molecule has 0 saturated carbocycles. The van der Waals surface area contributed by atoms with Crippen LogP contribution in [-0.4, -0.2) is 50.0 Å². The smallest absolute Gasteiger partial charge is 0.264 e. The van der Waals surface area contributed by atoms with E-state index in [1.54, 1.807) is 42.5 Å². The average molecular weight is 596 g/mol. The lowest BCUT2D eigenvalue weighted by atomic mass is 9.85. The van der Waals surface area contributed by atoms with Gasteiger partial charge >= 0.3 is 0 Å². The summed E-state index contributed by atoms with van der Waals surface area (Å²) < 4.78 is 16.2. The summed E-state index contributed by atoms with van der Waals surface area (Å²) in [5.41, 5.74) is 0.615. The Bertz CT molecular complexity index is 1460. The number of hydrogen-bond acceptors (Lipinski definition) is 6. The fourth-order valence-corrected chi connectivity index (χ4v) is 5.77. The van der Waals surface area contributed by atoms with E-state index >= 15 is 0 Å². The first-order valence-corrected chi connectivity index (χ1v) is 12.6. The van der Waals surface area contributed by atoms with Crippen molar-refractivity contribution in [1.82, 2.24) is 4.90 Å². The molecule has 0 aliphatic carbocycles. The minimum absolute atomic E-state index is 0.161. The van der Waals surface area contributed by atoms with Gasteiger partial charge in [0.1, 0.15) is 23.3 Å². The predicted octanol–water partition coefficient (Wildman–Crippen LogP) is 6.08. The van der Waals surface area contributed by atoms with Gasteiger partial charge in [0.2, 0.25) is 0 Å². The third kappa shape index (κ3) is 3.78. The molecule has 3 aromatic rings. The maximum atomic E-state index is 13.7. The normalized spacial score (nSPS) is 18.4. The van der Waals surface area contributed by atoms with Gasteiger partial charge in [-0.05, 0) is 42.5 Å². The van der Waals surface area contributed by atoms with Crippen LogP contribution in [0.3, 0.4) is 0 Å². The molecular weight excluding hydrogens is 578 g/mol. The number of imide groups is 1. The first-order valence-electron chi connectivity index (χ1n) is 11.1. The number of ether oxygens (including phenoxy) is 3. The van der Waals surface area contributed by atoms with Crippen molar-refractivity contribution < 1.29 is 28.6 Å². The van der Waals surface area contributed by atoms with Gasteiger partial charge in [-0.25, -0.2) is 0 Å². The maximum absolute atomic E-state index is 13.7. The van der Waals surface area contributed by atoms with Crippen molar-refractivity contribution in [1.29, 1.82) is 0 Å². The summed E-state index contributed by atoms with van der Waals surface area (Å²) in [7, 11) is 4.50. The first-order chi connectivity index (χ1) is 18.2. The van der Waals surface area contributed by atoms with Gasteiger partial charge < -0.3 is 19.1 Å². The number of fused-ring (bicyclic) bond motifs is 1. The number of amides is 3. The Morgan fingerprint density at radius 2 is 1.16 bits per heavy atom. The van der Waals surface area contributed by atoms with Crippen LogP contribution in [0.5, 0.6) is 17.2 Å². The van der Waals surface area contributed by atoms with Crippen LogP contribution in [0, 0.1) is 0 Å². The zero-order chi connectivity index (χ0) is 27.5. The largest absolute Gasteiger partial charge is 0.497 e. The van der Waals surface area contributed by atoms with Gasteiger partial charge in [0.05, 0.1) is 58.6 Å². The second kappa shape index (κ2) is 9.85. The summed E-state index contributed by atoms with van der Waals surface area (Å²) in [4.78, 5) is 43.3. The molecule has 1 saturated heterocycles. The molecule has 5 rings (SSSR count). The summed E-state index contributed by atoms with van der Waals surface area (Å²) >= 11 is 25.0. The van der Waals surface area contributed by atoms with E-state index in [0.717, 1.165) is 4.90 Å². The second-order valence-electron chi connectivity index (χ2n) is 8.39. The van der Waals surface area contributed by atoms with Crippen LogP contribution >= 0.6 is 46.4 Å². The highest BCUT2D eigenvalue weighted by Crippen LogP contribution is 2.50. The molecule has 0 spiro atoms. The van der Waals surface area contributed by atoms with Crippen molar-refractivity contribution in [3.05, 3.63) is 79.2 Å². The molecule has 12 heteroatoms. The Morgan fingerprint density at radius 3 is 1.66 bits per heavy atom. The zero-order valence-electron chi connectivity index (χ0n) is 20.1. The first kappa shape index (κ1) is 26.4. The van der Waals surface area contributed by atoms with E-state index in [1.807, 2.05) is 0 Å². The number of carbonyl (C=O) groups excluding carboxylic acids is 3. The van der Waals surface area contributed by atoms with Crippen LogP contribution in [-0.2, 0) is 4.79 Å². The van der Waals surface area contributed by atoms with Crippen molar-refractivity contribution >= 4 is 69.8 Å². The molecule has 2 atom stereocenters. The molecule has 0 unspecified atom stereocenters. The number of anilines is 1. The van der Waals surface area contributed by atoms with Gasteiger partial charge in [-0.2, -0.15) is 0 Å². The zero-order valence-corrected chi connectivity index (χ0v) is 23.1. The SMILES string of the molecule is COc1ccc(N2C(=O)[C@@H](N3C(=O)c4c(Cl)c(Cl)c(Cl)c(Cl)c4C3=O)[C@H]2c2cc(OC)ccc2OC)cc1. The van der Waals surface area contributed by atoms with Gasteiger partial charge in [0.25, 0.3) is 17.7 Å². The van der Waals surface area contributed by atoms with Gasteiger partial charge in [0, 0.05) is 11.3 Å². The molecule has 0 N–H and O–H groups in total. The third-order valence-corrected chi connectivity index (χ3v) is 8.39. The van der Waals surface area contributed by atoms with Crippen LogP contribution in [0.1, 0.15) is 32.3 Å². The van der Waals surface area contributed by atoms with E-state index in [-0.39, 0.29) is 31.2 Å². The van der Waals surface area contributed by atoms with Gasteiger partial charge in [-0.3, -0.25) is 19.3 Å². The molecule has 3 amide bonds. The number of benzene rings is 3. The topological polar surface area (TPSA) is 85.4 Å². The Morgan fingerprint density at radius 1 is 0.632 bits per heavy atom. The average Bonchev–Trinajstić information content (AvgIpc) is 3.18. The molecule has 0 bridgehead atoms. The molecule has 2 heterocycles. The number of nitrogens with zero attached hydrogens (tertiary/aromatic N) is 2. The number of carbonyl (C=O) groups is 3. The number of β-lactam (4-membered cyclic amide) rings is 1. The fraction of sp³-hybridized carbons (Fsp3) is 0.192. The fourth-order valence-electron chi connectivity index (χ4n) is 4.75. The molecule has 2 aliphatic heterocycles. The minimum atomic E-state index is -1.25. The summed E-state index contributed by atoms with van der Waals surface area (Å²) in [5.74, 6) is -0.632. The Balaban J connectivity index is 1.67. The van der Waals surface area contributed by atoms with Crippen molar-refractivity contribution in [3.63, 3.8) is 0 Å². The van der Waals surface area contributed by atoms with Gasteiger partial charge in [0.15, 0.2) is 0 Å². The lowest BCUT2D eigenvalue weighted by Crippen LogP contribution is -2.67. The lowest BCUT2D eigenvalue weighted by molar-refractivity contribution is -0.130. The molecule has 2 aliphatic rings. The standard InChI is InChI=1S/C26H18Cl4N2O6/c1-36-12-6-4-11(5-7-12)31-22(14-10-13(37-2)8-9-15(14)38-3)23(26(31)35)32-24(33)16-17(25(32)34)19(28)21(30)20(29)18(16)27/h4-10,22-23H,1-3H3/t22-,23+/m1/s1. The van der Waals surface area contributed by atoms with Crippen LogP contribution in [0.15, 0.2) is 42.5 Å². The van der Waals surface area contributed by atoms with Crippen LogP contribution < -0.4 is 19.1 Å². The summed E-state index contributed by atoms with van der Waals surface area (Å²) in [6, 6.07) is 9.75. The number of hydrogen-bond donors (Lipinski definition) is 0. The predicted molar refractivity (Wildman–Crippen MR) is 144 cm³/mol. The number of rotatable bonds is 6. The van der Waals surface area contributed by atoms with E-state index in [0.29, 0.717) is 28.5 Å². The molecule has 0 radical (unpaired) electrons. The highest BCUT2D eigenvalue weighted by Gasteiger charge is 2.59. The van der Waals surface area contributed by atoms with E-state index in [4.69, 9.17) is 60.6 Å². The Kier molecular flexibility index (Phi) is 6.86. The van der Waals surface area contributed by atoms with Crippen molar-refractivity contribution in [2.24, 2.45) is 0 Å². The van der Waals surface area contributed by atoms with E-state index < -0.39 is 29.8 Å². The summed E-state index contributed by atoms with van der Waals surface area (Å²) in [5, 5.41) is -0.755. The molecule has 196 valence electrons. The monoisotopic (exact) mass is 594 g/mol. The summed E-state index contributed by atoms with van der Waals surface area (Å²) in [6.07, 6.45) is 0. The number of halogens is 4. The molecule has 8 nitrogen and oxygen atoms in total. The van der Waals surface area contributed by atoms with E-state index in [1.165, 1.54) is 26.2 Å². The van der Waals surface area contributed by atoms with Crippen molar-refractivity contribution in [3.8, 4) is 17.2 Å². The van der Waals surface area contributed by atoms with Gasteiger partial charge in [-0.15, -0.1) is 0 Å². The maximum Gasteiger partial charge on any atom is 0.264 e. The second-order valence-corrected chi connectivity index (χ2v) is 9.90. The quantitative estimate of drug-likeness (QED) is 0.149. The van der Waals surface area contributed by atoms with Crippen LogP contribution in [0.4, 0.5) is 5.69 Å². The van der Waals surface area contributed by atoms with Crippen molar-refractivity contribution in [2.75, 3.05) is 26.2 Å². The Hall–Kier alpha value is -3.17. The highest BCUT2D eigenvalue weighted by molar-refractivity contribution is 6.55. The molecule has 38 heavy (non-hydrogen) atoms. The van der Waals surface area contributed by atoms with E-state index in [9.17, 15) is 14.4 Å². The molecule has 0 aromatic heterocycles. The lowest BCUT2D eigenvalue weighted by Gasteiger charge is -2.50. The van der Waals surface area contributed by atoms with Crippen LogP contribution in [0.2, 0.25) is 20.1 Å².